The van der Waals surface area contributed by atoms with Gasteiger partial charge in [0.15, 0.2) is 0 Å². The molecule has 0 saturated carbocycles. The van der Waals surface area contributed by atoms with Crippen molar-refractivity contribution >= 4 is 23.3 Å². The van der Waals surface area contributed by atoms with E-state index in [-0.39, 0.29) is 17.2 Å². The van der Waals surface area contributed by atoms with E-state index in [1.165, 1.54) is 4.90 Å². The van der Waals surface area contributed by atoms with E-state index < -0.39 is 0 Å². The number of aromatic nitrogens is 2. The predicted molar refractivity (Wildman–Crippen MR) is 161 cm³/mol. The summed E-state index contributed by atoms with van der Waals surface area (Å²) >= 11 is 1.81. The molecule has 2 atom stereocenters. The van der Waals surface area contributed by atoms with Crippen molar-refractivity contribution in [1.29, 1.82) is 0 Å². The molecule has 0 spiro atoms. The fraction of sp³-hybridized carbons (Fsp3) is 0.212. The van der Waals surface area contributed by atoms with Gasteiger partial charge in [-0.05, 0) is 72.6 Å². The standard InChI is InChI=1S/C33H32N4O3S/c1-39-26-13-15-29(16-14-26)41-30-19-31(33(38)34-20-25-22-36-17-6-5-12-32(36)35-25)37(23-30)21-24-8-7-11-28(18-24)40-27-9-3-2-4-10-27/h2-18,22,30-31H,19-21,23H2,1H3,(H,34,38)/t30-,31+/m1/s1. The van der Waals surface area contributed by atoms with Gasteiger partial charge >= 0.3 is 0 Å². The average Bonchev–Trinajstić information content (AvgIpc) is 3.60. The molecule has 6 rings (SSSR count). The third-order valence-corrected chi connectivity index (χ3v) is 8.37. The van der Waals surface area contributed by atoms with Gasteiger partial charge in [-0.3, -0.25) is 9.69 Å². The van der Waals surface area contributed by atoms with Crippen LogP contribution in [0.4, 0.5) is 0 Å². The molecular formula is C33H32N4O3S. The molecule has 0 unspecified atom stereocenters. The lowest BCUT2D eigenvalue weighted by molar-refractivity contribution is -0.125. The summed E-state index contributed by atoms with van der Waals surface area (Å²) in [5.41, 5.74) is 2.81. The summed E-state index contributed by atoms with van der Waals surface area (Å²) in [6, 6.07) is 31.6. The summed E-state index contributed by atoms with van der Waals surface area (Å²) in [6.45, 7) is 1.84. The Morgan fingerprint density at radius 1 is 0.951 bits per heavy atom. The first-order valence-electron chi connectivity index (χ1n) is 13.7. The number of likely N-dealkylation sites (tertiary alicyclic amines) is 1. The molecule has 1 saturated heterocycles. The quantitative estimate of drug-likeness (QED) is 0.218. The van der Waals surface area contributed by atoms with Crippen LogP contribution in [0.2, 0.25) is 0 Å². The number of rotatable bonds is 10. The highest BCUT2D eigenvalue weighted by atomic mass is 32.2. The van der Waals surface area contributed by atoms with Gasteiger partial charge in [-0.25, -0.2) is 4.98 Å². The van der Waals surface area contributed by atoms with E-state index in [1.54, 1.807) is 7.11 Å². The van der Waals surface area contributed by atoms with E-state index in [0.717, 1.165) is 47.1 Å². The number of pyridine rings is 1. The molecule has 3 aromatic carbocycles. The molecule has 3 heterocycles. The summed E-state index contributed by atoms with van der Waals surface area (Å²) in [5.74, 6) is 2.44. The highest BCUT2D eigenvalue weighted by molar-refractivity contribution is 8.00. The summed E-state index contributed by atoms with van der Waals surface area (Å²) in [7, 11) is 1.67. The normalized spacial score (nSPS) is 17.0. The van der Waals surface area contributed by atoms with Crippen molar-refractivity contribution in [3.8, 4) is 17.2 Å². The number of nitrogens with one attached hydrogen (secondary N) is 1. The zero-order valence-electron chi connectivity index (χ0n) is 22.9. The molecule has 5 aromatic rings. The van der Waals surface area contributed by atoms with Crippen LogP contribution >= 0.6 is 11.8 Å². The maximum atomic E-state index is 13.6. The molecule has 1 amide bonds. The number of benzene rings is 3. The average molecular weight is 565 g/mol. The van der Waals surface area contributed by atoms with Crippen molar-refractivity contribution in [2.75, 3.05) is 13.7 Å². The molecule has 0 aliphatic carbocycles. The highest BCUT2D eigenvalue weighted by Gasteiger charge is 2.37. The molecule has 1 aliphatic rings. The van der Waals surface area contributed by atoms with E-state index in [4.69, 9.17) is 9.47 Å². The minimum absolute atomic E-state index is 0.0246. The van der Waals surface area contributed by atoms with Gasteiger partial charge in [0.25, 0.3) is 0 Å². The third kappa shape index (κ3) is 6.73. The predicted octanol–water partition coefficient (Wildman–Crippen LogP) is 6.19. The monoisotopic (exact) mass is 564 g/mol. The van der Waals surface area contributed by atoms with Crippen LogP contribution in [0.15, 0.2) is 114 Å². The fourth-order valence-corrected chi connectivity index (χ4v) is 6.40. The van der Waals surface area contributed by atoms with Gasteiger partial charge in [-0.1, -0.05) is 36.4 Å². The lowest BCUT2D eigenvalue weighted by Crippen LogP contribution is -2.42. The van der Waals surface area contributed by atoms with Crippen molar-refractivity contribution < 1.29 is 14.3 Å². The van der Waals surface area contributed by atoms with Gasteiger partial charge in [-0.2, -0.15) is 0 Å². The molecule has 0 radical (unpaired) electrons. The number of nitrogens with zero attached hydrogens (tertiary/aromatic N) is 3. The van der Waals surface area contributed by atoms with E-state index >= 15 is 0 Å². The Morgan fingerprint density at radius 3 is 2.56 bits per heavy atom. The van der Waals surface area contributed by atoms with Gasteiger partial charge < -0.3 is 19.2 Å². The number of para-hydroxylation sites is 1. The zero-order chi connectivity index (χ0) is 28.0. The number of imidazole rings is 1. The first kappa shape index (κ1) is 26.9. The van der Waals surface area contributed by atoms with Crippen LogP contribution in [0, 0.1) is 0 Å². The highest BCUT2D eigenvalue weighted by Crippen LogP contribution is 2.35. The van der Waals surface area contributed by atoms with Crippen LogP contribution in [-0.2, 0) is 17.9 Å². The number of thioether (sulfide) groups is 1. The Labute approximate surface area is 244 Å². The number of ether oxygens (including phenoxy) is 2. The number of carbonyl (C=O) groups excluding carboxylic acids is 1. The molecule has 2 aromatic heterocycles. The number of carbonyl (C=O) groups is 1. The second kappa shape index (κ2) is 12.5. The second-order valence-corrected chi connectivity index (χ2v) is 11.4. The van der Waals surface area contributed by atoms with E-state index in [2.05, 4.69) is 39.5 Å². The molecule has 1 fully saturated rings. The molecule has 1 N–H and O–H groups in total. The van der Waals surface area contributed by atoms with E-state index in [1.807, 2.05) is 101 Å². The number of fused-ring (bicyclic) bond motifs is 1. The van der Waals surface area contributed by atoms with Gasteiger partial charge in [0.2, 0.25) is 5.91 Å². The Kier molecular flexibility index (Phi) is 8.21. The summed E-state index contributed by atoms with van der Waals surface area (Å²) in [6.07, 6.45) is 4.68. The van der Waals surface area contributed by atoms with Crippen molar-refractivity contribution in [1.82, 2.24) is 19.6 Å². The molecule has 8 heteroatoms. The van der Waals surface area contributed by atoms with Crippen LogP contribution in [-0.4, -0.2) is 45.1 Å². The number of amides is 1. The minimum Gasteiger partial charge on any atom is -0.497 e. The molecular weight excluding hydrogens is 532 g/mol. The zero-order valence-corrected chi connectivity index (χ0v) is 23.7. The van der Waals surface area contributed by atoms with Gasteiger partial charge in [-0.15, -0.1) is 11.8 Å². The third-order valence-electron chi connectivity index (χ3n) is 7.15. The van der Waals surface area contributed by atoms with Gasteiger partial charge in [0.05, 0.1) is 25.4 Å². The Hall–Kier alpha value is -4.27. The van der Waals surface area contributed by atoms with Crippen molar-refractivity contribution in [3.63, 3.8) is 0 Å². The van der Waals surface area contributed by atoms with Crippen LogP contribution in [0.3, 0.4) is 0 Å². The minimum atomic E-state index is -0.249. The molecule has 7 nitrogen and oxygen atoms in total. The number of hydrogen-bond acceptors (Lipinski definition) is 6. The topological polar surface area (TPSA) is 68.1 Å². The number of hydrogen-bond donors (Lipinski definition) is 1. The SMILES string of the molecule is COc1ccc(S[C@@H]2C[C@@H](C(=O)NCc3cn4ccccc4n3)N(Cc3cccc(Oc4ccccc4)c3)C2)cc1. The first-order chi connectivity index (χ1) is 20.1. The first-order valence-corrected chi connectivity index (χ1v) is 14.6. The smallest absolute Gasteiger partial charge is 0.237 e. The Bertz CT molecular complexity index is 1570. The lowest BCUT2D eigenvalue weighted by atomic mass is 10.1. The van der Waals surface area contributed by atoms with Crippen LogP contribution < -0.4 is 14.8 Å². The Balaban J connectivity index is 1.16. The van der Waals surface area contributed by atoms with Crippen molar-refractivity contribution in [3.05, 3.63) is 121 Å². The van der Waals surface area contributed by atoms with Crippen LogP contribution in [0.5, 0.6) is 17.2 Å². The molecule has 208 valence electrons. The van der Waals surface area contributed by atoms with Crippen molar-refractivity contribution in [2.24, 2.45) is 0 Å². The largest absolute Gasteiger partial charge is 0.497 e. The summed E-state index contributed by atoms with van der Waals surface area (Å²) < 4.78 is 13.3. The van der Waals surface area contributed by atoms with Crippen LogP contribution in [0.25, 0.3) is 5.65 Å². The number of methoxy groups -OCH3 is 1. The fourth-order valence-electron chi connectivity index (χ4n) is 5.18. The summed E-state index contributed by atoms with van der Waals surface area (Å²) in [5, 5.41) is 3.43. The second-order valence-electron chi connectivity index (χ2n) is 10.1. The maximum Gasteiger partial charge on any atom is 0.237 e. The van der Waals surface area contributed by atoms with E-state index in [9.17, 15) is 4.79 Å². The maximum absolute atomic E-state index is 13.6. The van der Waals surface area contributed by atoms with Gasteiger partial charge in [0.1, 0.15) is 22.9 Å². The summed E-state index contributed by atoms with van der Waals surface area (Å²) in [4.78, 5) is 21.7. The van der Waals surface area contributed by atoms with Crippen molar-refractivity contribution in [2.45, 2.75) is 35.7 Å². The lowest BCUT2D eigenvalue weighted by Gasteiger charge is -2.23. The van der Waals surface area contributed by atoms with Gasteiger partial charge in [0, 0.05) is 35.6 Å². The Morgan fingerprint density at radius 2 is 1.76 bits per heavy atom. The molecule has 0 bridgehead atoms. The van der Waals surface area contributed by atoms with E-state index in [0.29, 0.717) is 13.1 Å². The van der Waals surface area contributed by atoms with Crippen LogP contribution in [0.1, 0.15) is 17.7 Å². The molecule has 41 heavy (non-hydrogen) atoms. The molecule has 1 aliphatic heterocycles.